The molecule has 1 saturated heterocycles. The summed E-state index contributed by atoms with van der Waals surface area (Å²) in [5, 5.41) is 5.46. The van der Waals surface area contributed by atoms with Crippen LogP contribution in [0.15, 0.2) is 79.0 Å². The summed E-state index contributed by atoms with van der Waals surface area (Å²) in [4.78, 5) is 30.6. The molecule has 3 amide bonds. The molecule has 1 aromatic heterocycles. The van der Waals surface area contributed by atoms with E-state index in [4.69, 9.17) is 0 Å². The van der Waals surface area contributed by atoms with Gasteiger partial charge in [0.25, 0.3) is 0 Å². The topological polar surface area (TPSA) is 74.3 Å². The number of rotatable bonds is 4. The molecule has 6 nitrogen and oxygen atoms in total. The van der Waals surface area contributed by atoms with Crippen LogP contribution < -0.4 is 15.5 Å². The Morgan fingerprint density at radius 3 is 2.43 bits per heavy atom. The van der Waals surface area contributed by atoms with Crippen molar-refractivity contribution in [3.8, 4) is 0 Å². The number of urea groups is 1. The second-order valence-electron chi connectivity index (χ2n) is 6.66. The number of pyridine rings is 1. The van der Waals surface area contributed by atoms with E-state index >= 15 is 0 Å². The zero-order valence-corrected chi connectivity index (χ0v) is 15.2. The molecular weight excluding hydrogens is 352 g/mol. The second kappa shape index (κ2) is 7.92. The summed E-state index contributed by atoms with van der Waals surface area (Å²) >= 11 is 0. The van der Waals surface area contributed by atoms with E-state index in [0.29, 0.717) is 24.5 Å². The molecule has 0 spiro atoms. The lowest BCUT2D eigenvalue weighted by Gasteiger charge is -2.18. The molecule has 4 rings (SSSR count). The fourth-order valence-electron chi connectivity index (χ4n) is 3.36. The minimum Gasteiger partial charge on any atom is -0.312 e. The number of anilines is 3. The van der Waals surface area contributed by atoms with Gasteiger partial charge in [-0.3, -0.25) is 10.1 Å². The molecule has 28 heavy (non-hydrogen) atoms. The van der Waals surface area contributed by atoms with Gasteiger partial charge in [0.2, 0.25) is 5.91 Å². The van der Waals surface area contributed by atoms with Crippen molar-refractivity contribution in [1.82, 2.24) is 4.98 Å². The molecule has 2 heterocycles. The van der Waals surface area contributed by atoms with Crippen molar-refractivity contribution >= 4 is 29.1 Å². The van der Waals surface area contributed by atoms with Crippen LogP contribution >= 0.6 is 0 Å². The fourth-order valence-corrected chi connectivity index (χ4v) is 3.36. The maximum absolute atomic E-state index is 12.5. The number of nitrogens with zero attached hydrogens (tertiary/aromatic N) is 2. The van der Waals surface area contributed by atoms with Gasteiger partial charge in [0.15, 0.2) is 0 Å². The molecule has 1 atom stereocenters. The quantitative estimate of drug-likeness (QED) is 0.719. The third kappa shape index (κ3) is 4.01. The van der Waals surface area contributed by atoms with E-state index in [9.17, 15) is 9.59 Å². The highest BCUT2D eigenvalue weighted by Crippen LogP contribution is 2.32. The summed E-state index contributed by atoms with van der Waals surface area (Å²) in [6.45, 7) is 0.614. The zero-order valence-electron chi connectivity index (χ0n) is 15.2. The first-order valence-corrected chi connectivity index (χ1v) is 9.13. The van der Waals surface area contributed by atoms with Crippen LogP contribution in [0.3, 0.4) is 0 Å². The second-order valence-corrected chi connectivity index (χ2v) is 6.66. The number of carbonyl (C=O) groups is 2. The highest BCUT2D eigenvalue weighted by molar-refractivity contribution is 6.00. The van der Waals surface area contributed by atoms with Crippen LogP contribution in [-0.2, 0) is 4.79 Å². The number of hydrogen-bond donors (Lipinski definition) is 2. The molecule has 0 saturated carbocycles. The van der Waals surface area contributed by atoms with E-state index in [0.717, 1.165) is 11.3 Å². The largest absolute Gasteiger partial charge is 0.324 e. The van der Waals surface area contributed by atoms with Crippen LogP contribution in [0.1, 0.15) is 17.9 Å². The molecule has 1 fully saturated rings. The molecule has 0 radical (unpaired) electrons. The average Bonchev–Trinajstić information content (AvgIpc) is 3.11. The number of aromatic nitrogens is 1. The lowest BCUT2D eigenvalue weighted by Crippen LogP contribution is -2.25. The SMILES string of the molecule is O=C(Nc1ccccc1)Nc1cc(N2C[C@@H](c3ccccc3)CC2=O)ccn1. The van der Waals surface area contributed by atoms with Gasteiger partial charge in [-0.1, -0.05) is 48.5 Å². The summed E-state index contributed by atoms with van der Waals surface area (Å²) in [6, 6.07) is 22.3. The molecule has 2 aromatic carbocycles. The Labute approximate surface area is 163 Å². The zero-order chi connectivity index (χ0) is 19.3. The number of nitrogens with one attached hydrogen (secondary N) is 2. The maximum Gasteiger partial charge on any atom is 0.324 e. The van der Waals surface area contributed by atoms with Crippen LogP contribution in [-0.4, -0.2) is 23.5 Å². The number of para-hydroxylation sites is 1. The first-order valence-electron chi connectivity index (χ1n) is 9.13. The van der Waals surface area contributed by atoms with Crippen LogP contribution in [0.2, 0.25) is 0 Å². The highest BCUT2D eigenvalue weighted by atomic mass is 16.2. The van der Waals surface area contributed by atoms with Crippen molar-refractivity contribution in [1.29, 1.82) is 0 Å². The van der Waals surface area contributed by atoms with Gasteiger partial charge in [0, 0.05) is 42.5 Å². The van der Waals surface area contributed by atoms with Crippen LogP contribution in [0.4, 0.5) is 22.0 Å². The normalized spacial score (nSPS) is 16.1. The third-order valence-electron chi connectivity index (χ3n) is 4.72. The summed E-state index contributed by atoms with van der Waals surface area (Å²) in [5.41, 5.74) is 2.58. The van der Waals surface area contributed by atoms with Crippen molar-refractivity contribution in [2.45, 2.75) is 12.3 Å². The Hall–Kier alpha value is -3.67. The molecule has 1 aliphatic rings. The van der Waals surface area contributed by atoms with E-state index in [1.54, 1.807) is 35.4 Å². The molecule has 3 aromatic rings. The summed E-state index contributed by atoms with van der Waals surface area (Å²) in [5.74, 6) is 0.626. The van der Waals surface area contributed by atoms with Crippen LogP contribution in [0.25, 0.3) is 0 Å². The van der Waals surface area contributed by atoms with Gasteiger partial charge in [0.05, 0.1) is 0 Å². The van der Waals surface area contributed by atoms with Gasteiger partial charge in [0.1, 0.15) is 5.82 Å². The predicted octanol–water partition coefficient (Wildman–Crippen LogP) is 4.25. The van der Waals surface area contributed by atoms with E-state index < -0.39 is 0 Å². The number of carbonyl (C=O) groups excluding carboxylic acids is 2. The van der Waals surface area contributed by atoms with Gasteiger partial charge >= 0.3 is 6.03 Å². The molecule has 0 unspecified atom stereocenters. The van der Waals surface area contributed by atoms with Crippen molar-refractivity contribution in [3.63, 3.8) is 0 Å². The Morgan fingerprint density at radius 2 is 1.68 bits per heavy atom. The predicted molar refractivity (Wildman–Crippen MR) is 109 cm³/mol. The average molecular weight is 372 g/mol. The Balaban J connectivity index is 1.45. The first-order chi connectivity index (χ1) is 13.7. The molecule has 2 N–H and O–H groups in total. The van der Waals surface area contributed by atoms with Crippen molar-refractivity contribution in [3.05, 3.63) is 84.6 Å². The third-order valence-corrected chi connectivity index (χ3v) is 4.72. The standard InChI is InChI=1S/C22H20N4O2/c27-21-13-17(16-7-3-1-4-8-16)15-26(21)19-11-12-23-20(14-19)25-22(28)24-18-9-5-2-6-10-18/h1-12,14,17H,13,15H2,(H2,23,24,25,28)/t17-/m0/s1. The highest BCUT2D eigenvalue weighted by Gasteiger charge is 2.31. The Bertz CT molecular complexity index is 976. The Kier molecular flexibility index (Phi) is 5.01. The minimum absolute atomic E-state index is 0.0692. The van der Waals surface area contributed by atoms with Gasteiger partial charge in [-0.05, 0) is 23.8 Å². The smallest absolute Gasteiger partial charge is 0.312 e. The van der Waals surface area contributed by atoms with Crippen LogP contribution in [0.5, 0.6) is 0 Å². The molecule has 1 aliphatic heterocycles. The van der Waals surface area contributed by atoms with Crippen molar-refractivity contribution in [2.75, 3.05) is 22.1 Å². The van der Waals surface area contributed by atoms with Gasteiger partial charge < -0.3 is 10.2 Å². The van der Waals surface area contributed by atoms with E-state index in [1.807, 2.05) is 36.4 Å². The van der Waals surface area contributed by atoms with Gasteiger partial charge in [-0.2, -0.15) is 0 Å². The van der Waals surface area contributed by atoms with Crippen molar-refractivity contribution in [2.24, 2.45) is 0 Å². The van der Waals surface area contributed by atoms with Gasteiger partial charge in [-0.15, -0.1) is 0 Å². The van der Waals surface area contributed by atoms with E-state index in [1.165, 1.54) is 0 Å². The maximum atomic E-state index is 12.5. The first kappa shape index (κ1) is 17.7. The molecular formula is C22H20N4O2. The lowest BCUT2D eigenvalue weighted by molar-refractivity contribution is -0.117. The van der Waals surface area contributed by atoms with E-state index in [-0.39, 0.29) is 17.9 Å². The Morgan fingerprint density at radius 1 is 0.964 bits per heavy atom. The lowest BCUT2D eigenvalue weighted by atomic mass is 9.99. The van der Waals surface area contributed by atoms with Crippen molar-refractivity contribution < 1.29 is 9.59 Å². The summed E-state index contributed by atoms with van der Waals surface area (Å²) < 4.78 is 0. The monoisotopic (exact) mass is 372 g/mol. The molecule has 0 bridgehead atoms. The summed E-state index contributed by atoms with van der Waals surface area (Å²) in [6.07, 6.45) is 2.07. The number of amides is 3. The minimum atomic E-state index is -0.384. The van der Waals surface area contributed by atoms with E-state index in [2.05, 4.69) is 27.8 Å². The van der Waals surface area contributed by atoms with Crippen LogP contribution in [0, 0.1) is 0 Å². The molecule has 6 heteroatoms. The number of hydrogen-bond acceptors (Lipinski definition) is 3. The molecule has 0 aliphatic carbocycles. The number of benzene rings is 2. The van der Waals surface area contributed by atoms with Gasteiger partial charge in [-0.25, -0.2) is 9.78 Å². The summed E-state index contributed by atoms with van der Waals surface area (Å²) in [7, 11) is 0. The molecule has 140 valence electrons. The fraction of sp³-hybridized carbons (Fsp3) is 0.136.